The van der Waals surface area contributed by atoms with Crippen molar-refractivity contribution in [2.75, 3.05) is 11.9 Å². The van der Waals surface area contributed by atoms with Crippen molar-refractivity contribution in [3.63, 3.8) is 0 Å². The molecule has 2 rings (SSSR count). The van der Waals surface area contributed by atoms with Crippen LogP contribution in [0.25, 0.3) is 0 Å². The Bertz CT molecular complexity index is 478. The molecule has 0 saturated carbocycles. The molecule has 6 heteroatoms. The van der Waals surface area contributed by atoms with Crippen LogP contribution in [0, 0.1) is 5.92 Å². The first-order valence-corrected chi connectivity index (χ1v) is 7.92. The molecule has 0 radical (unpaired) electrons. The van der Waals surface area contributed by atoms with Crippen LogP contribution in [0.5, 0.6) is 0 Å². The van der Waals surface area contributed by atoms with Gasteiger partial charge in [-0.2, -0.15) is 4.37 Å². The summed E-state index contributed by atoms with van der Waals surface area (Å²) in [5.74, 6) is 1.66. The Kier molecular flexibility index (Phi) is 4.32. The summed E-state index contributed by atoms with van der Waals surface area (Å²) in [7, 11) is 0. The molecule has 1 N–H and O–H groups in total. The van der Waals surface area contributed by atoms with Crippen LogP contribution in [0.15, 0.2) is 0 Å². The molecule has 2 heterocycles. The zero-order chi connectivity index (χ0) is 14.9. The van der Waals surface area contributed by atoms with E-state index in [0.29, 0.717) is 12.3 Å². The Balaban J connectivity index is 1.95. The van der Waals surface area contributed by atoms with E-state index in [-0.39, 0.29) is 17.5 Å². The summed E-state index contributed by atoms with van der Waals surface area (Å²) < 4.78 is 4.35. The maximum atomic E-state index is 12.0. The molecule has 20 heavy (non-hydrogen) atoms. The fourth-order valence-electron chi connectivity index (χ4n) is 2.39. The molecular formula is C14H24N4OS. The van der Waals surface area contributed by atoms with E-state index in [1.165, 1.54) is 11.5 Å². The van der Waals surface area contributed by atoms with Gasteiger partial charge in [-0.05, 0) is 26.7 Å². The van der Waals surface area contributed by atoms with Crippen molar-refractivity contribution in [2.24, 2.45) is 5.92 Å². The third-order valence-electron chi connectivity index (χ3n) is 3.32. The zero-order valence-electron chi connectivity index (χ0n) is 12.9. The first-order chi connectivity index (χ1) is 9.25. The lowest BCUT2D eigenvalue weighted by Crippen LogP contribution is -2.43. The predicted octanol–water partition coefficient (Wildman–Crippen LogP) is 2.55. The third kappa shape index (κ3) is 3.69. The lowest BCUT2D eigenvalue weighted by atomic mass is 10.1. The molecule has 1 amide bonds. The van der Waals surface area contributed by atoms with Gasteiger partial charge in [-0.3, -0.25) is 4.79 Å². The van der Waals surface area contributed by atoms with E-state index in [9.17, 15) is 4.79 Å². The number of amides is 1. The number of nitrogens with one attached hydrogen (secondary N) is 1. The number of hydrogen-bond donors (Lipinski definition) is 1. The van der Waals surface area contributed by atoms with Crippen LogP contribution in [-0.2, 0) is 11.2 Å². The molecule has 0 spiro atoms. The van der Waals surface area contributed by atoms with Gasteiger partial charge >= 0.3 is 0 Å². The molecule has 1 aromatic heterocycles. The fourth-order valence-corrected chi connectivity index (χ4v) is 3.06. The van der Waals surface area contributed by atoms with Crippen molar-refractivity contribution < 1.29 is 4.79 Å². The topological polar surface area (TPSA) is 58.1 Å². The van der Waals surface area contributed by atoms with Gasteiger partial charge in [0, 0.05) is 36.5 Å². The summed E-state index contributed by atoms with van der Waals surface area (Å²) in [4.78, 5) is 18.4. The quantitative estimate of drug-likeness (QED) is 0.927. The second-order valence-corrected chi connectivity index (χ2v) is 7.59. The molecule has 112 valence electrons. The first kappa shape index (κ1) is 15.2. The Morgan fingerprint density at radius 2 is 2.15 bits per heavy atom. The van der Waals surface area contributed by atoms with Gasteiger partial charge in [0.05, 0.1) is 6.04 Å². The molecule has 0 bridgehead atoms. The first-order valence-electron chi connectivity index (χ1n) is 7.15. The summed E-state index contributed by atoms with van der Waals surface area (Å²) in [5, 5.41) is 4.18. The largest absolute Gasteiger partial charge is 0.355 e. The molecule has 1 saturated heterocycles. The van der Waals surface area contributed by atoms with E-state index in [4.69, 9.17) is 0 Å². The molecule has 1 aromatic rings. The molecule has 0 aromatic carbocycles. The third-order valence-corrected chi connectivity index (χ3v) is 4.01. The average molecular weight is 296 g/mol. The maximum absolute atomic E-state index is 12.0. The van der Waals surface area contributed by atoms with Gasteiger partial charge in [0.1, 0.15) is 5.82 Å². The van der Waals surface area contributed by atoms with Gasteiger partial charge in [0.25, 0.3) is 0 Å². The highest BCUT2D eigenvalue weighted by molar-refractivity contribution is 7.09. The summed E-state index contributed by atoms with van der Waals surface area (Å²) >= 11 is 1.39. The van der Waals surface area contributed by atoms with Crippen LogP contribution in [0.4, 0.5) is 5.13 Å². The molecule has 5 nitrogen and oxygen atoms in total. The molecule has 1 atom stereocenters. The van der Waals surface area contributed by atoms with Crippen molar-refractivity contribution in [1.82, 2.24) is 14.3 Å². The number of carbonyl (C=O) groups is 1. The van der Waals surface area contributed by atoms with Crippen LogP contribution in [-0.4, -0.2) is 38.3 Å². The summed E-state index contributed by atoms with van der Waals surface area (Å²) in [6.45, 7) is 11.3. The fraction of sp³-hybridized carbons (Fsp3) is 0.786. The average Bonchev–Trinajstić information content (AvgIpc) is 2.84. The van der Waals surface area contributed by atoms with E-state index in [1.54, 1.807) is 0 Å². The smallest absolute Gasteiger partial charge is 0.225 e. The number of nitrogens with zero attached hydrogens (tertiary/aromatic N) is 3. The van der Waals surface area contributed by atoms with Crippen molar-refractivity contribution >= 4 is 22.6 Å². The minimum atomic E-state index is -0.114. The SMILES string of the molecule is CC(C)Cc1nsc(NC2CC(=O)N(C(C)(C)C)C2)n1. The van der Waals surface area contributed by atoms with Crippen LogP contribution < -0.4 is 5.32 Å². The van der Waals surface area contributed by atoms with Crippen LogP contribution >= 0.6 is 11.5 Å². The van der Waals surface area contributed by atoms with E-state index in [1.807, 2.05) is 4.90 Å². The summed E-state index contributed by atoms with van der Waals surface area (Å²) in [5.41, 5.74) is -0.114. The molecule has 0 aliphatic carbocycles. The molecule has 1 aliphatic rings. The van der Waals surface area contributed by atoms with Gasteiger partial charge in [0.2, 0.25) is 11.0 Å². The van der Waals surface area contributed by atoms with E-state index < -0.39 is 0 Å². The Labute approximate surface area is 124 Å². The Morgan fingerprint density at radius 3 is 2.70 bits per heavy atom. The normalized spacial score (nSPS) is 20.0. The predicted molar refractivity (Wildman–Crippen MR) is 81.9 cm³/mol. The van der Waals surface area contributed by atoms with Gasteiger partial charge in [-0.15, -0.1) is 0 Å². The van der Waals surface area contributed by atoms with Crippen molar-refractivity contribution in [3.05, 3.63) is 5.82 Å². The van der Waals surface area contributed by atoms with Crippen molar-refractivity contribution in [1.29, 1.82) is 0 Å². The number of anilines is 1. The lowest BCUT2D eigenvalue weighted by molar-refractivity contribution is -0.131. The monoisotopic (exact) mass is 296 g/mol. The molecule has 1 aliphatic heterocycles. The van der Waals surface area contributed by atoms with E-state index in [2.05, 4.69) is 49.3 Å². The number of hydrogen-bond acceptors (Lipinski definition) is 5. The second kappa shape index (κ2) is 5.68. The van der Waals surface area contributed by atoms with Crippen LogP contribution in [0.2, 0.25) is 0 Å². The van der Waals surface area contributed by atoms with Gasteiger partial charge in [-0.25, -0.2) is 4.98 Å². The Hall–Kier alpha value is -1.17. The van der Waals surface area contributed by atoms with Gasteiger partial charge < -0.3 is 10.2 Å². The minimum Gasteiger partial charge on any atom is -0.355 e. The highest BCUT2D eigenvalue weighted by Gasteiger charge is 2.36. The van der Waals surface area contributed by atoms with Crippen molar-refractivity contribution in [2.45, 2.75) is 59.0 Å². The number of carbonyl (C=O) groups excluding carboxylic acids is 1. The van der Waals surface area contributed by atoms with Gasteiger partial charge in [-0.1, -0.05) is 13.8 Å². The number of rotatable bonds is 4. The standard InChI is InChI=1S/C14H24N4OS/c1-9(2)6-11-16-13(20-17-11)15-10-7-12(19)18(8-10)14(3,4)5/h9-10H,6-8H2,1-5H3,(H,15,16,17). The molecule has 1 unspecified atom stereocenters. The second-order valence-electron chi connectivity index (χ2n) is 6.83. The number of likely N-dealkylation sites (tertiary alicyclic amines) is 1. The zero-order valence-corrected chi connectivity index (χ0v) is 13.8. The summed E-state index contributed by atoms with van der Waals surface area (Å²) in [6.07, 6.45) is 1.44. The minimum absolute atomic E-state index is 0.114. The molecular weight excluding hydrogens is 272 g/mol. The van der Waals surface area contributed by atoms with Crippen LogP contribution in [0.3, 0.4) is 0 Å². The highest BCUT2D eigenvalue weighted by Crippen LogP contribution is 2.24. The number of aromatic nitrogens is 2. The maximum Gasteiger partial charge on any atom is 0.225 e. The van der Waals surface area contributed by atoms with Crippen molar-refractivity contribution in [3.8, 4) is 0 Å². The van der Waals surface area contributed by atoms with E-state index >= 15 is 0 Å². The Morgan fingerprint density at radius 1 is 1.45 bits per heavy atom. The lowest BCUT2D eigenvalue weighted by Gasteiger charge is -2.32. The van der Waals surface area contributed by atoms with Crippen LogP contribution in [0.1, 0.15) is 46.9 Å². The van der Waals surface area contributed by atoms with Gasteiger partial charge in [0.15, 0.2) is 0 Å². The molecule has 1 fully saturated rings. The van der Waals surface area contributed by atoms with E-state index in [0.717, 1.165) is 23.9 Å². The highest BCUT2D eigenvalue weighted by atomic mass is 32.1. The summed E-state index contributed by atoms with van der Waals surface area (Å²) in [6, 6.07) is 0.140.